The number of ether oxygens (including phenoxy) is 1. The SMILES string of the molecule is CCN1CCCC1CNc1nc(Nc2ccc(OC)c(F)c2)nc(NC(C)C)n1. The van der Waals surface area contributed by atoms with Crippen molar-refractivity contribution >= 4 is 23.5 Å². The molecule has 1 fully saturated rings. The number of hydrogen-bond acceptors (Lipinski definition) is 8. The van der Waals surface area contributed by atoms with Gasteiger partial charge in [0.1, 0.15) is 0 Å². The standard InChI is InChI=1S/C20H30FN7O/c1-5-28-10-6-7-15(28)12-22-18-25-19(23-13(2)3)27-20(26-18)24-14-8-9-17(29-4)16(21)11-14/h8-9,11,13,15H,5-7,10,12H2,1-4H3,(H3,22,23,24,25,26,27). The molecule has 0 amide bonds. The summed E-state index contributed by atoms with van der Waals surface area (Å²) in [6.45, 7) is 9.16. The lowest BCUT2D eigenvalue weighted by atomic mass is 10.2. The third-order valence-electron chi connectivity index (χ3n) is 4.86. The van der Waals surface area contributed by atoms with Crippen molar-refractivity contribution in [2.45, 2.75) is 45.7 Å². The maximum Gasteiger partial charge on any atom is 0.233 e. The molecule has 0 radical (unpaired) electrons. The summed E-state index contributed by atoms with van der Waals surface area (Å²) in [6, 6.07) is 5.27. The molecular formula is C20H30FN7O. The average molecular weight is 404 g/mol. The van der Waals surface area contributed by atoms with Crippen LogP contribution in [0, 0.1) is 5.82 Å². The molecule has 0 bridgehead atoms. The van der Waals surface area contributed by atoms with Gasteiger partial charge >= 0.3 is 0 Å². The Balaban J connectivity index is 1.76. The Morgan fingerprint density at radius 1 is 1.21 bits per heavy atom. The van der Waals surface area contributed by atoms with E-state index in [1.807, 2.05) is 13.8 Å². The van der Waals surface area contributed by atoms with Crippen LogP contribution < -0.4 is 20.7 Å². The predicted molar refractivity (Wildman–Crippen MR) is 114 cm³/mol. The van der Waals surface area contributed by atoms with Crippen molar-refractivity contribution < 1.29 is 9.13 Å². The molecule has 1 aliphatic rings. The lowest BCUT2D eigenvalue weighted by Crippen LogP contribution is -2.35. The van der Waals surface area contributed by atoms with Gasteiger partial charge in [-0.3, -0.25) is 4.90 Å². The van der Waals surface area contributed by atoms with Gasteiger partial charge in [-0.2, -0.15) is 15.0 Å². The molecule has 29 heavy (non-hydrogen) atoms. The summed E-state index contributed by atoms with van der Waals surface area (Å²) in [5.41, 5.74) is 0.531. The van der Waals surface area contributed by atoms with Crippen LogP contribution in [-0.2, 0) is 0 Å². The second-order valence-corrected chi connectivity index (χ2v) is 7.39. The molecule has 1 aromatic heterocycles. The van der Waals surface area contributed by atoms with Gasteiger partial charge in [0, 0.05) is 30.4 Å². The number of methoxy groups -OCH3 is 1. The van der Waals surface area contributed by atoms with Crippen LogP contribution in [-0.4, -0.2) is 58.7 Å². The topological polar surface area (TPSA) is 87.2 Å². The smallest absolute Gasteiger partial charge is 0.233 e. The molecule has 1 atom stereocenters. The minimum absolute atomic E-state index is 0.168. The number of rotatable bonds is 9. The molecule has 158 valence electrons. The lowest BCUT2D eigenvalue weighted by Gasteiger charge is -2.23. The van der Waals surface area contributed by atoms with Gasteiger partial charge in [-0.15, -0.1) is 0 Å². The van der Waals surface area contributed by atoms with Gasteiger partial charge in [0.2, 0.25) is 17.8 Å². The van der Waals surface area contributed by atoms with E-state index in [1.165, 1.54) is 26.0 Å². The van der Waals surface area contributed by atoms with Crippen molar-refractivity contribution in [2.24, 2.45) is 0 Å². The van der Waals surface area contributed by atoms with Gasteiger partial charge < -0.3 is 20.7 Å². The third kappa shape index (κ3) is 5.66. The Morgan fingerprint density at radius 3 is 2.66 bits per heavy atom. The summed E-state index contributed by atoms with van der Waals surface area (Å²) < 4.78 is 19.0. The molecule has 0 saturated carbocycles. The lowest BCUT2D eigenvalue weighted by molar-refractivity contribution is 0.277. The van der Waals surface area contributed by atoms with E-state index in [9.17, 15) is 4.39 Å². The third-order valence-corrected chi connectivity index (χ3v) is 4.86. The molecule has 0 spiro atoms. The Bertz CT molecular complexity index is 817. The average Bonchev–Trinajstić information content (AvgIpc) is 3.13. The maximum absolute atomic E-state index is 14.0. The molecule has 1 aromatic carbocycles. The first-order valence-electron chi connectivity index (χ1n) is 10.1. The first kappa shape index (κ1) is 21.0. The van der Waals surface area contributed by atoms with E-state index in [0.717, 1.165) is 19.6 Å². The van der Waals surface area contributed by atoms with Gasteiger partial charge in [-0.25, -0.2) is 4.39 Å². The number of nitrogens with one attached hydrogen (secondary N) is 3. The fraction of sp³-hybridized carbons (Fsp3) is 0.550. The van der Waals surface area contributed by atoms with Crippen molar-refractivity contribution in [1.29, 1.82) is 0 Å². The minimum Gasteiger partial charge on any atom is -0.494 e. The summed E-state index contributed by atoms with van der Waals surface area (Å²) in [7, 11) is 1.43. The Labute approximate surface area is 171 Å². The highest BCUT2D eigenvalue weighted by molar-refractivity contribution is 5.57. The molecule has 0 aliphatic carbocycles. The number of benzene rings is 1. The van der Waals surface area contributed by atoms with Crippen LogP contribution in [0.5, 0.6) is 5.75 Å². The summed E-state index contributed by atoms with van der Waals surface area (Å²) in [6.07, 6.45) is 2.38. The van der Waals surface area contributed by atoms with E-state index in [1.54, 1.807) is 12.1 Å². The number of aromatic nitrogens is 3. The first-order chi connectivity index (χ1) is 14.0. The highest BCUT2D eigenvalue weighted by Crippen LogP contribution is 2.23. The van der Waals surface area contributed by atoms with Crippen LogP contribution >= 0.6 is 0 Å². The minimum atomic E-state index is -0.452. The van der Waals surface area contributed by atoms with Gasteiger partial charge in [0.25, 0.3) is 0 Å². The maximum atomic E-state index is 14.0. The Hall–Kier alpha value is -2.68. The molecule has 1 unspecified atom stereocenters. The molecule has 8 nitrogen and oxygen atoms in total. The van der Waals surface area contributed by atoms with Crippen LogP contribution in [0.25, 0.3) is 0 Å². The van der Waals surface area contributed by atoms with Crippen LogP contribution in [0.2, 0.25) is 0 Å². The van der Waals surface area contributed by atoms with E-state index in [0.29, 0.717) is 29.6 Å². The highest BCUT2D eigenvalue weighted by atomic mass is 19.1. The summed E-state index contributed by atoms with van der Waals surface area (Å²) in [4.78, 5) is 15.8. The fourth-order valence-electron chi connectivity index (χ4n) is 3.46. The molecular weight excluding hydrogens is 373 g/mol. The zero-order valence-electron chi connectivity index (χ0n) is 17.5. The normalized spacial score (nSPS) is 16.8. The second-order valence-electron chi connectivity index (χ2n) is 7.39. The summed E-state index contributed by atoms with van der Waals surface area (Å²) in [5, 5.41) is 9.59. The number of halogens is 1. The van der Waals surface area contributed by atoms with E-state index in [2.05, 4.69) is 42.7 Å². The largest absolute Gasteiger partial charge is 0.494 e. The number of hydrogen-bond donors (Lipinski definition) is 3. The predicted octanol–water partition coefficient (Wildman–Crippen LogP) is 3.48. The van der Waals surface area contributed by atoms with Gasteiger partial charge in [0.15, 0.2) is 11.6 Å². The van der Waals surface area contributed by atoms with E-state index < -0.39 is 5.82 Å². The fourth-order valence-corrected chi connectivity index (χ4v) is 3.46. The number of anilines is 4. The number of nitrogens with zero attached hydrogens (tertiary/aromatic N) is 4. The zero-order valence-corrected chi connectivity index (χ0v) is 17.5. The molecule has 9 heteroatoms. The van der Waals surface area contributed by atoms with E-state index in [-0.39, 0.29) is 11.8 Å². The van der Waals surface area contributed by atoms with Crippen LogP contribution in [0.1, 0.15) is 33.6 Å². The van der Waals surface area contributed by atoms with Crippen molar-refractivity contribution in [3.05, 3.63) is 24.0 Å². The molecule has 3 rings (SSSR count). The quantitative estimate of drug-likeness (QED) is 0.587. The second kappa shape index (κ2) is 9.69. The van der Waals surface area contributed by atoms with Gasteiger partial charge in [0.05, 0.1) is 7.11 Å². The monoisotopic (exact) mass is 403 g/mol. The van der Waals surface area contributed by atoms with Gasteiger partial charge in [-0.05, 0) is 51.9 Å². The Kier molecular flexibility index (Phi) is 7.03. The number of likely N-dealkylation sites (tertiary alicyclic amines) is 1. The molecule has 1 aliphatic heterocycles. The number of likely N-dealkylation sites (N-methyl/N-ethyl adjacent to an activating group) is 1. The van der Waals surface area contributed by atoms with Crippen molar-refractivity contribution in [1.82, 2.24) is 19.9 Å². The van der Waals surface area contributed by atoms with Crippen LogP contribution in [0.15, 0.2) is 18.2 Å². The molecule has 2 heterocycles. The first-order valence-corrected chi connectivity index (χ1v) is 10.1. The van der Waals surface area contributed by atoms with E-state index in [4.69, 9.17) is 4.74 Å². The Morgan fingerprint density at radius 2 is 1.97 bits per heavy atom. The van der Waals surface area contributed by atoms with Crippen molar-refractivity contribution in [3.63, 3.8) is 0 Å². The molecule has 3 N–H and O–H groups in total. The van der Waals surface area contributed by atoms with Crippen molar-refractivity contribution in [2.75, 3.05) is 42.7 Å². The summed E-state index contributed by atoms with van der Waals surface area (Å²) in [5.74, 6) is 1.03. The van der Waals surface area contributed by atoms with Gasteiger partial charge in [-0.1, -0.05) is 6.92 Å². The summed E-state index contributed by atoms with van der Waals surface area (Å²) >= 11 is 0. The van der Waals surface area contributed by atoms with Crippen molar-refractivity contribution in [3.8, 4) is 5.75 Å². The van der Waals surface area contributed by atoms with Crippen LogP contribution in [0.4, 0.5) is 27.9 Å². The van der Waals surface area contributed by atoms with Crippen LogP contribution in [0.3, 0.4) is 0 Å². The van der Waals surface area contributed by atoms with E-state index >= 15 is 0 Å². The molecule has 2 aromatic rings. The zero-order chi connectivity index (χ0) is 20.8. The molecule has 1 saturated heterocycles. The highest BCUT2D eigenvalue weighted by Gasteiger charge is 2.23.